The number of halogens is 4. The summed E-state index contributed by atoms with van der Waals surface area (Å²) in [5, 5.41) is 8.60. The smallest absolute Gasteiger partial charge is 0.432 e. The first kappa shape index (κ1) is 21.7. The summed E-state index contributed by atoms with van der Waals surface area (Å²) in [6.07, 6.45) is -0.817. The van der Waals surface area contributed by atoms with E-state index in [1.54, 1.807) is 18.3 Å². The molecule has 0 radical (unpaired) electrons. The quantitative estimate of drug-likeness (QED) is 0.495. The molecule has 2 aromatic heterocycles. The summed E-state index contributed by atoms with van der Waals surface area (Å²) in [6.45, 7) is 1.90. The van der Waals surface area contributed by atoms with E-state index in [4.69, 9.17) is 4.74 Å². The maximum absolute atomic E-state index is 13.7. The molecule has 2 heterocycles. The van der Waals surface area contributed by atoms with Crippen molar-refractivity contribution in [2.24, 2.45) is 23.7 Å². The number of alkyl halides is 3. The highest BCUT2D eigenvalue weighted by molar-refractivity contribution is 5.92. The third-order valence-electron chi connectivity index (χ3n) is 6.80. The molecule has 2 N–H and O–H groups in total. The second kappa shape index (κ2) is 8.00. The molecule has 6 nitrogen and oxygen atoms in total. The second-order valence-electron chi connectivity index (χ2n) is 8.76. The van der Waals surface area contributed by atoms with Crippen LogP contribution in [0.15, 0.2) is 36.5 Å². The van der Waals surface area contributed by atoms with Gasteiger partial charge in [-0.05, 0) is 61.3 Å². The number of H-pyrrole nitrogens is 1. The summed E-state index contributed by atoms with van der Waals surface area (Å²) in [7, 11) is 0. The minimum atomic E-state index is -4.55. The number of aromatic amines is 1. The highest BCUT2D eigenvalue weighted by Crippen LogP contribution is 2.62. The van der Waals surface area contributed by atoms with E-state index >= 15 is 0 Å². The van der Waals surface area contributed by atoms with E-state index in [0.717, 1.165) is 18.9 Å². The number of rotatable bonds is 6. The second-order valence-corrected chi connectivity index (χ2v) is 8.76. The summed E-state index contributed by atoms with van der Waals surface area (Å²) in [5.41, 5.74) is -0.345. The Labute approximate surface area is 186 Å². The summed E-state index contributed by atoms with van der Waals surface area (Å²) in [4.78, 5) is 17.0. The first-order valence-corrected chi connectivity index (χ1v) is 10.9. The molecule has 0 bridgehead atoms. The molecule has 0 aliphatic heterocycles. The van der Waals surface area contributed by atoms with Gasteiger partial charge in [-0.1, -0.05) is 6.92 Å². The number of carbonyl (C=O) groups excluding carboxylic acids is 1. The number of anilines is 1. The van der Waals surface area contributed by atoms with Gasteiger partial charge >= 0.3 is 6.18 Å². The van der Waals surface area contributed by atoms with Gasteiger partial charge in [-0.15, -0.1) is 0 Å². The van der Waals surface area contributed by atoms with Crippen molar-refractivity contribution >= 4 is 22.6 Å². The summed E-state index contributed by atoms with van der Waals surface area (Å²) < 4.78 is 58.1. The average Bonchev–Trinajstić information content (AvgIpc) is 3.11. The molecule has 1 unspecified atom stereocenters. The number of hydrogen-bond donors (Lipinski definition) is 2. The molecule has 0 saturated heterocycles. The zero-order valence-electron chi connectivity index (χ0n) is 17.7. The Kier molecular flexibility index (Phi) is 5.25. The number of carbonyl (C=O) groups is 1. The fourth-order valence-corrected chi connectivity index (χ4v) is 5.29. The number of fused-ring (bicyclic) bond motifs is 2. The molecule has 33 heavy (non-hydrogen) atoms. The molecule has 174 valence electrons. The van der Waals surface area contributed by atoms with Crippen LogP contribution in [0.4, 0.5) is 23.4 Å². The first-order chi connectivity index (χ1) is 15.7. The zero-order valence-corrected chi connectivity index (χ0v) is 17.7. The lowest BCUT2D eigenvalue weighted by molar-refractivity contribution is -0.141. The van der Waals surface area contributed by atoms with Gasteiger partial charge in [-0.3, -0.25) is 14.9 Å². The number of ether oxygens (including phenoxy) is 1. The maximum atomic E-state index is 13.7. The van der Waals surface area contributed by atoms with Crippen molar-refractivity contribution in [3.63, 3.8) is 0 Å². The van der Waals surface area contributed by atoms with Crippen LogP contribution in [0.3, 0.4) is 0 Å². The van der Waals surface area contributed by atoms with Crippen LogP contribution in [0.1, 0.15) is 31.9 Å². The van der Waals surface area contributed by atoms with Crippen molar-refractivity contribution in [1.82, 2.24) is 15.2 Å². The summed E-state index contributed by atoms with van der Waals surface area (Å²) in [5.74, 6) is 0.294. The Balaban J connectivity index is 1.21. The van der Waals surface area contributed by atoms with E-state index in [1.165, 1.54) is 12.1 Å². The number of benzene rings is 1. The van der Waals surface area contributed by atoms with Gasteiger partial charge in [0, 0.05) is 23.6 Å². The highest BCUT2D eigenvalue weighted by atomic mass is 19.4. The van der Waals surface area contributed by atoms with Gasteiger partial charge in [0.1, 0.15) is 17.3 Å². The highest BCUT2D eigenvalue weighted by Gasteiger charge is 2.60. The van der Waals surface area contributed by atoms with Gasteiger partial charge in [0.15, 0.2) is 5.82 Å². The summed E-state index contributed by atoms with van der Waals surface area (Å²) >= 11 is 0. The lowest BCUT2D eigenvalue weighted by atomic mass is 9.93. The van der Waals surface area contributed by atoms with Crippen LogP contribution in [0.2, 0.25) is 0 Å². The van der Waals surface area contributed by atoms with Crippen LogP contribution >= 0.6 is 0 Å². The molecule has 2 saturated carbocycles. The van der Waals surface area contributed by atoms with Crippen LogP contribution in [-0.4, -0.2) is 27.2 Å². The van der Waals surface area contributed by atoms with Crippen molar-refractivity contribution in [2.45, 2.75) is 38.5 Å². The van der Waals surface area contributed by atoms with E-state index < -0.39 is 11.9 Å². The monoisotopic (exact) mass is 462 g/mol. The van der Waals surface area contributed by atoms with E-state index in [2.05, 4.69) is 15.4 Å². The molecule has 2 aliphatic rings. The maximum Gasteiger partial charge on any atom is 0.432 e. The fourth-order valence-electron chi connectivity index (χ4n) is 5.29. The predicted molar refractivity (Wildman–Crippen MR) is 112 cm³/mol. The van der Waals surface area contributed by atoms with Crippen LogP contribution in [-0.2, 0) is 11.0 Å². The molecular weight excluding hydrogens is 440 g/mol. The minimum Gasteiger partial charge on any atom is -0.490 e. The molecule has 10 heteroatoms. The lowest BCUT2D eigenvalue weighted by Crippen LogP contribution is -2.27. The van der Waals surface area contributed by atoms with Crippen molar-refractivity contribution in [3.8, 4) is 5.75 Å². The van der Waals surface area contributed by atoms with Crippen molar-refractivity contribution in [2.75, 3.05) is 5.32 Å². The number of nitrogens with zero attached hydrogens (tertiary/aromatic N) is 2. The number of nitrogens with one attached hydrogen (secondary N) is 2. The number of hydrogen-bond acceptors (Lipinski definition) is 4. The minimum absolute atomic E-state index is 0.0358. The fraction of sp³-hybridized carbons (Fsp3) is 0.435. The van der Waals surface area contributed by atoms with E-state index in [1.807, 2.05) is 12.0 Å². The summed E-state index contributed by atoms with van der Waals surface area (Å²) in [6, 6.07) is 6.90. The third kappa shape index (κ3) is 4.14. The lowest BCUT2D eigenvalue weighted by Gasteiger charge is -2.21. The van der Waals surface area contributed by atoms with Crippen molar-refractivity contribution < 1.29 is 27.1 Å². The van der Waals surface area contributed by atoms with Gasteiger partial charge in [0.25, 0.3) is 0 Å². The van der Waals surface area contributed by atoms with Gasteiger partial charge < -0.3 is 10.1 Å². The normalized spacial score (nSPS) is 25.0. The average molecular weight is 462 g/mol. The Morgan fingerprint density at radius 3 is 2.67 bits per heavy atom. The molecule has 3 aromatic rings. The van der Waals surface area contributed by atoms with Crippen molar-refractivity contribution in [3.05, 3.63) is 48.0 Å². The molecule has 1 amide bonds. The molecule has 2 fully saturated rings. The predicted octanol–water partition coefficient (Wildman–Crippen LogP) is 5.18. The Hall–Kier alpha value is -3.17. The molecule has 5 rings (SSSR count). The van der Waals surface area contributed by atoms with Gasteiger partial charge in [-0.25, -0.2) is 4.39 Å². The zero-order chi connectivity index (χ0) is 23.3. The first-order valence-electron chi connectivity index (χ1n) is 10.9. The van der Waals surface area contributed by atoms with E-state index in [0.29, 0.717) is 34.9 Å². The van der Waals surface area contributed by atoms with Crippen molar-refractivity contribution in [1.29, 1.82) is 0 Å². The third-order valence-corrected chi connectivity index (χ3v) is 6.80. The molecular formula is C23H22F4N4O2. The Morgan fingerprint density at radius 1 is 1.24 bits per heavy atom. The Bertz CT molecular complexity index is 1180. The SMILES string of the molecule is CCC(C(=O)Nc1cc(C(F)(F)F)[nH]n1)[C@H]1[C@@H]2C[C@@H](Oc3ccnc4ccc(F)cc34)C[C@@H]21. The number of amides is 1. The molecule has 2 aliphatic carbocycles. The largest absolute Gasteiger partial charge is 0.490 e. The van der Waals surface area contributed by atoms with Crippen LogP contribution in [0.25, 0.3) is 10.9 Å². The van der Waals surface area contributed by atoms with Gasteiger partial charge in [0.05, 0.1) is 11.6 Å². The van der Waals surface area contributed by atoms with E-state index in [-0.39, 0.29) is 35.5 Å². The number of aromatic nitrogens is 3. The number of pyridine rings is 1. The van der Waals surface area contributed by atoms with Gasteiger partial charge in [-0.2, -0.15) is 18.3 Å². The molecule has 0 spiro atoms. The van der Waals surface area contributed by atoms with Crippen LogP contribution in [0, 0.1) is 29.5 Å². The topological polar surface area (TPSA) is 79.9 Å². The standard InChI is InChI=1S/C23H22F4N4O2/c1-2-13(22(32)29-20-10-19(30-31-20)23(25,26)27)21-14-8-12(9-15(14)21)33-18-5-6-28-17-4-3-11(24)7-16(17)18/h3-7,10,12-15,21H,2,8-9H2,1H3,(H2,29,30,31,32)/t12-,13?,14-,15+,21+. The molecule has 1 aromatic carbocycles. The van der Waals surface area contributed by atoms with Gasteiger partial charge in [0.2, 0.25) is 5.91 Å². The van der Waals surface area contributed by atoms with Crippen LogP contribution in [0.5, 0.6) is 5.75 Å². The Morgan fingerprint density at radius 2 is 2.00 bits per heavy atom. The van der Waals surface area contributed by atoms with E-state index in [9.17, 15) is 22.4 Å². The van der Waals surface area contributed by atoms with Crippen LogP contribution < -0.4 is 10.1 Å². The molecule has 5 atom stereocenters.